The van der Waals surface area contributed by atoms with Gasteiger partial charge in [0.1, 0.15) is 0 Å². The van der Waals surface area contributed by atoms with E-state index in [2.05, 4.69) is 28.2 Å². The first-order valence-corrected chi connectivity index (χ1v) is 1.79. The van der Waals surface area contributed by atoms with E-state index >= 15 is 0 Å². The summed E-state index contributed by atoms with van der Waals surface area (Å²) in [5.74, 6) is 0. The normalized spacial score (nSPS) is 8.57. The standard InChI is InChI=1S/C4H12N.BrH.H3N/c1-5(2,3)4;;/h1-4H3;1H;1H3/q+1;;/p-1. The van der Waals surface area contributed by atoms with E-state index in [1.807, 2.05) is 0 Å². The maximum Gasteiger partial charge on any atom is 0.0675 e. The van der Waals surface area contributed by atoms with Gasteiger partial charge in [0.05, 0.1) is 28.2 Å². The minimum Gasteiger partial charge on any atom is -1.00 e. The lowest BCUT2D eigenvalue weighted by Gasteiger charge is -2.14. The zero-order chi connectivity index (χ0) is 4.50. The van der Waals surface area contributed by atoms with Gasteiger partial charge in [-0.2, -0.15) is 0 Å². The van der Waals surface area contributed by atoms with E-state index in [0.717, 1.165) is 4.48 Å². The van der Waals surface area contributed by atoms with Gasteiger partial charge >= 0.3 is 0 Å². The third-order valence-corrected chi connectivity index (χ3v) is 0. The summed E-state index contributed by atoms with van der Waals surface area (Å²) in [4.78, 5) is 0. The van der Waals surface area contributed by atoms with Gasteiger partial charge in [-0.15, -0.1) is 0 Å². The van der Waals surface area contributed by atoms with Crippen molar-refractivity contribution in [3.05, 3.63) is 0 Å². The van der Waals surface area contributed by atoms with Crippen LogP contribution in [-0.4, -0.2) is 32.7 Å². The number of hydrogen-bond donors (Lipinski definition) is 1. The fraction of sp³-hybridized carbons (Fsp3) is 1.00. The van der Waals surface area contributed by atoms with Crippen molar-refractivity contribution in [1.82, 2.24) is 6.15 Å². The Balaban J connectivity index is -0.0000000800. The first-order valence-electron chi connectivity index (χ1n) is 1.79. The van der Waals surface area contributed by atoms with Gasteiger partial charge in [-0.05, 0) is 0 Å². The van der Waals surface area contributed by atoms with Gasteiger partial charge in [0.2, 0.25) is 0 Å². The Morgan fingerprint density at radius 2 is 0.857 bits per heavy atom. The van der Waals surface area contributed by atoms with Crippen LogP contribution in [0.5, 0.6) is 0 Å². The highest BCUT2D eigenvalue weighted by Crippen LogP contribution is 1.73. The molecule has 0 amide bonds. The van der Waals surface area contributed by atoms with Crippen LogP contribution in [0.15, 0.2) is 0 Å². The van der Waals surface area contributed by atoms with Gasteiger partial charge < -0.3 is 27.6 Å². The Kier molecular flexibility index (Phi) is 10.2. The van der Waals surface area contributed by atoms with Crippen molar-refractivity contribution in [3.8, 4) is 0 Å². The molecule has 0 atom stereocenters. The van der Waals surface area contributed by atoms with E-state index in [4.69, 9.17) is 0 Å². The lowest BCUT2D eigenvalue weighted by Crippen LogP contribution is -3.00. The molecular weight excluding hydrogens is 156 g/mol. The van der Waals surface area contributed by atoms with Crippen molar-refractivity contribution in [2.45, 2.75) is 0 Å². The van der Waals surface area contributed by atoms with Crippen molar-refractivity contribution >= 4 is 0 Å². The van der Waals surface area contributed by atoms with Crippen LogP contribution in [0, 0.1) is 0 Å². The predicted octanol–water partition coefficient (Wildman–Crippen LogP) is -2.51. The second-order valence-corrected chi connectivity index (χ2v) is 2.68. The summed E-state index contributed by atoms with van der Waals surface area (Å²) < 4.78 is 1.00. The predicted molar refractivity (Wildman–Crippen MR) is 29.0 cm³/mol. The summed E-state index contributed by atoms with van der Waals surface area (Å²) in [5, 5.41) is 0. The molecule has 3 heteroatoms. The van der Waals surface area contributed by atoms with E-state index in [9.17, 15) is 0 Å². The minimum absolute atomic E-state index is 0. The molecule has 0 spiro atoms. The molecule has 0 radical (unpaired) electrons. The molecule has 0 aliphatic rings. The second-order valence-electron chi connectivity index (χ2n) is 2.68. The molecular formula is C4H15BrN2. The van der Waals surface area contributed by atoms with E-state index in [0.29, 0.717) is 0 Å². The molecule has 7 heavy (non-hydrogen) atoms. The average molecular weight is 171 g/mol. The van der Waals surface area contributed by atoms with Gasteiger partial charge in [-0.1, -0.05) is 0 Å². The van der Waals surface area contributed by atoms with Crippen LogP contribution >= 0.6 is 0 Å². The molecule has 0 heterocycles. The van der Waals surface area contributed by atoms with Crippen LogP contribution in [0.3, 0.4) is 0 Å². The summed E-state index contributed by atoms with van der Waals surface area (Å²) in [5.41, 5.74) is 0. The van der Waals surface area contributed by atoms with Gasteiger partial charge in [0.25, 0.3) is 0 Å². The maximum atomic E-state index is 2.12. The molecule has 2 nitrogen and oxygen atoms in total. The molecule has 0 aliphatic heterocycles. The zero-order valence-electron chi connectivity index (χ0n) is 5.53. The quantitative estimate of drug-likeness (QED) is 0.401. The molecule has 48 valence electrons. The molecule has 0 aromatic rings. The number of hydrogen-bond acceptors (Lipinski definition) is 1. The highest BCUT2D eigenvalue weighted by molar-refractivity contribution is 3.87. The molecule has 0 bridgehead atoms. The highest BCUT2D eigenvalue weighted by Gasteiger charge is 1.88. The third kappa shape index (κ3) is 774. The van der Waals surface area contributed by atoms with Crippen LogP contribution < -0.4 is 23.1 Å². The Morgan fingerprint density at radius 1 is 0.857 bits per heavy atom. The molecule has 0 unspecified atom stereocenters. The van der Waals surface area contributed by atoms with Crippen molar-refractivity contribution in [2.75, 3.05) is 28.2 Å². The Bertz CT molecular complexity index is 25.2. The summed E-state index contributed by atoms with van der Waals surface area (Å²) in [6, 6.07) is 0. The van der Waals surface area contributed by atoms with Crippen molar-refractivity contribution in [2.24, 2.45) is 0 Å². The second kappa shape index (κ2) is 4.56. The van der Waals surface area contributed by atoms with Gasteiger partial charge in [-0.3, -0.25) is 0 Å². The van der Waals surface area contributed by atoms with Crippen molar-refractivity contribution < 1.29 is 21.5 Å². The fourth-order valence-corrected chi connectivity index (χ4v) is 0. The summed E-state index contributed by atoms with van der Waals surface area (Å²) in [7, 11) is 8.50. The lowest BCUT2D eigenvalue weighted by molar-refractivity contribution is -0.849. The van der Waals surface area contributed by atoms with Crippen molar-refractivity contribution in [1.29, 1.82) is 0 Å². The topological polar surface area (TPSA) is 35.0 Å². The largest absolute Gasteiger partial charge is 1.00 e. The molecule has 0 saturated carbocycles. The number of quaternary nitrogens is 1. The van der Waals surface area contributed by atoms with E-state index in [1.54, 1.807) is 0 Å². The molecule has 0 rings (SSSR count). The Labute approximate surface area is 56.5 Å². The van der Waals surface area contributed by atoms with Crippen LogP contribution in [0.1, 0.15) is 0 Å². The summed E-state index contributed by atoms with van der Waals surface area (Å²) in [6.07, 6.45) is 0. The van der Waals surface area contributed by atoms with E-state index in [1.165, 1.54) is 0 Å². The number of nitrogens with zero attached hydrogens (tertiary/aromatic N) is 1. The van der Waals surface area contributed by atoms with Crippen LogP contribution in [0.2, 0.25) is 0 Å². The highest BCUT2D eigenvalue weighted by atomic mass is 79.9. The summed E-state index contributed by atoms with van der Waals surface area (Å²) >= 11 is 0. The molecule has 0 aromatic heterocycles. The van der Waals surface area contributed by atoms with E-state index in [-0.39, 0.29) is 23.1 Å². The third-order valence-electron chi connectivity index (χ3n) is 0. The van der Waals surface area contributed by atoms with Gasteiger partial charge in [0, 0.05) is 0 Å². The minimum atomic E-state index is 0. The smallest absolute Gasteiger partial charge is 0.0675 e. The monoisotopic (exact) mass is 170 g/mol. The molecule has 0 fully saturated rings. The van der Waals surface area contributed by atoms with E-state index < -0.39 is 0 Å². The first kappa shape index (κ1) is 15.7. The lowest BCUT2D eigenvalue weighted by atomic mass is 10.8. The number of halogens is 1. The van der Waals surface area contributed by atoms with Crippen molar-refractivity contribution in [3.63, 3.8) is 0 Å². The molecule has 3 N–H and O–H groups in total. The average Bonchev–Trinajstić information content (AvgIpc) is 0.722. The molecule has 0 aliphatic carbocycles. The van der Waals surface area contributed by atoms with Gasteiger partial charge in [0.15, 0.2) is 0 Å². The zero-order valence-corrected chi connectivity index (χ0v) is 7.12. The molecule has 0 saturated heterocycles. The first-order chi connectivity index (χ1) is 2.00. The Hall–Kier alpha value is 0.400. The SMILES string of the molecule is C[N+](C)(C)C.N.[Br-]. The van der Waals surface area contributed by atoms with Gasteiger partial charge in [-0.25, -0.2) is 0 Å². The van der Waals surface area contributed by atoms with Crippen LogP contribution in [-0.2, 0) is 0 Å². The summed E-state index contributed by atoms with van der Waals surface area (Å²) in [6.45, 7) is 0. The molecule has 0 aromatic carbocycles. The Morgan fingerprint density at radius 3 is 0.857 bits per heavy atom. The van der Waals surface area contributed by atoms with Crippen LogP contribution in [0.4, 0.5) is 0 Å². The van der Waals surface area contributed by atoms with Crippen LogP contribution in [0.25, 0.3) is 0 Å². The number of rotatable bonds is 0. The fourth-order valence-electron chi connectivity index (χ4n) is 0. The maximum absolute atomic E-state index is 2.12.